The van der Waals surface area contributed by atoms with Gasteiger partial charge in [0.15, 0.2) is 0 Å². The molecule has 2 heterocycles. The molecule has 0 saturated heterocycles. The molecule has 0 amide bonds. The molecule has 0 atom stereocenters. The number of aromatic nitrogens is 4. The van der Waals surface area contributed by atoms with Crippen molar-refractivity contribution in [2.75, 3.05) is 0 Å². The average Bonchev–Trinajstić information content (AvgIpc) is 3.02. The van der Waals surface area contributed by atoms with Gasteiger partial charge in [-0.2, -0.15) is 10.4 Å². The summed E-state index contributed by atoms with van der Waals surface area (Å²) in [4.78, 5) is 18.8. The SMILES string of the molecule is C/C(=C\c1cnn(Cc2ccccc2)c1)c1nc(C)c(C#N)c(=O)[nH]1. The number of nitrogens with one attached hydrogen (secondary N) is 1. The molecule has 0 bridgehead atoms. The Bertz CT molecular complexity index is 1020. The Balaban J connectivity index is 1.84. The number of hydrogen-bond donors (Lipinski definition) is 1. The van der Waals surface area contributed by atoms with E-state index < -0.39 is 5.56 Å². The first-order valence-electron chi connectivity index (χ1n) is 7.83. The van der Waals surface area contributed by atoms with Crippen LogP contribution >= 0.6 is 0 Å². The van der Waals surface area contributed by atoms with E-state index in [1.54, 1.807) is 13.1 Å². The first-order valence-corrected chi connectivity index (χ1v) is 7.83. The third-order valence-electron chi connectivity index (χ3n) is 3.81. The van der Waals surface area contributed by atoms with E-state index in [1.807, 2.05) is 48.1 Å². The van der Waals surface area contributed by atoms with E-state index in [-0.39, 0.29) is 5.56 Å². The second-order valence-corrected chi connectivity index (χ2v) is 5.77. The van der Waals surface area contributed by atoms with Crippen molar-refractivity contribution in [3.63, 3.8) is 0 Å². The summed E-state index contributed by atoms with van der Waals surface area (Å²) in [6, 6.07) is 12.0. The van der Waals surface area contributed by atoms with Crippen molar-refractivity contribution in [1.82, 2.24) is 19.7 Å². The van der Waals surface area contributed by atoms with E-state index in [2.05, 4.69) is 27.2 Å². The minimum Gasteiger partial charge on any atom is -0.306 e. The highest BCUT2D eigenvalue weighted by molar-refractivity contribution is 5.76. The first kappa shape index (κ1) is 16.4. The number of nitrogens with zero attached hydrogens (tertiary/aromatic N) is 4. The van der Waals surface area contributed by atoms with Crippen molar-refractivity contribution in [3.05, 3.63) is 81.3 Å². The maximum Gasteiger partial charge on any atom is 0.269 e. The van der Waals surface area contributed by atoms with Crippen LogP contribution in [0.15, 0.2) is 47.5 Å². The second kappa shape index (κ2) is 6.97. The van der Waals surface area contributed by atoms with Gasteiger partial charge in [-0.3, -0.25) is 9.48 Å². The smallest absolute Gasteiger partial charge is 0.269 e. The lowest BCUT2D eigenvalue weighted by molar-refractivity contribution is 0.687. The molecule has 0 spiro atoms. The van der Waals surface area contributed by atoms with Gasteiger partial charge in [-0.05, 0) is 31.1 Å². The molecule has 0 aliphatic rings. The van der Waals surface area contributed by atoms with Gasteiger partial charge in [-0.1, -0.05) is 30.3 Å². The molecule has 0 aliphatic heterocycles. The number of aromatic amines is 1. The minimum absolute atomic E-state index is 0.0484. The number of benzene rings is 1. The van der Waals surface area contributed by atoms with E-state index in [1.165, 1.54) is 5.56 Å². The first-order chi connectivity index (χ1) is 12.1. The van der Waals surface area contributed by atoms with Crippen molar-refractivity contribution >= 4 is 11.6 Å². The van der Waals surface area contributed by atoms with Gasteiger partial charge in [-0.15, -0.1) is 0 Å². The van der Waals surface area contributed by atoms with Gasteiger partial charge in [0.05, 0.1) is 18.4 Å². The molecule has 3 aromatic rings. The van der Waals surface area contributed by atoms with Gasteiger partial charge in [0, 0.05) is 11.8 Å². The molecule has 124 valence electrons. The van der Waals surface area contributed by atoms with Crippen molar-refractivity contribution < 1.29 is 0 Å². The van der Waals surface area contributed by atoms with Crippen LogP contribution in [0.2, 0.25) is 0 Å². The Kier molecular flexibility index (Phi) is 4.57. The summed E-state index contributed by atoms with van der Waals surface area (Å²) in [5.41, 5.74) is 2.94. The van der Waals surface area contributed by atoms with Gasteiger partial charge in [0.1, 0.15) is 17.5 Å². The van der Waals surface area contributed by atoms with Gasteiger partial charge in [0.2, 0.25) is 0 Å². The summed E-state index contributed by atoms with van der Waals surface area (Å²) in [5, 5.41) is 13.3. The van der Waals surface area contributed by atoms with Crippen LogP contribution in [0.4, 0.5) is 0 Å². The van der Waals surface area contributed by atoms with Crippen molar-refractivity contribution in [1.29, 1.82) is 5.26 Å². The monoisotopic (exact) mass is 331 g/mol. The molecule has 0 fully saturated rings. The lowest BCUT2D eigenvalue weighted by atomic mass is 10.2. The minimum atomic E-state index is -0.419. The molecular formula is C19H17N5O. The fraction of sp³-hybridized carbons (Fsp3) is 0.158. The average molecular weight is 331 g/mol. The Morgan fingerprint density at radius 1 is 1.36 bits per heavy atom. The zero-order chi connectivity index (χ0) is 17.8. The van der Waals surface area contributed by atoms with Crippen LogP contribution in [-0.4, -0.2) is 19.7 Å². The standard InChI is InChI=1S/C19H17N5O/c1-13(18-22-14(2)17(9-20)19(25)23-18)8-16-10-21-24(12-16)11-15-6-4-3-5-7-15/h3-8,10,12H,11H2,1-2H3,(H,22,23,25)/b13-8+. The molecule has 6 nitrogen and oxygen atoms in total. The topological polar surface area (TPSA) is 87.4 Å². The highest BCUT2D eigenvalue weighted by atomic mass is 16.1. The van der Waals surface area contributed by atoms with Gasteiger partial charge in [0.25, 0.3) is 5.56 Å². The number of nitriles is 1. The Morgan fingerprint density at radius 2 is 2.12 bits per heavy atom. The number of allylic oxidation sites excluding steroid dienone is 1. The molecule has 1 aromatic carbocycles. The quantitative estimate of drug-likeness (QED) is 0.796. The van der Waals surface area contributed by atoms with Gasteiger partial charge >= 0.3 is 0 Å². The number of H-pyrrole nitrogens is 1. The highest BCUT2D eigenvalue weighted by Crippen LogP contribution is 2.14. The van der Waals surface area contributed by atoms with Crippen molar-refractivity contribution in [2.45, 2.75) is 20.4 Å². The molecule has 0 unspecified atom stereocenters. The van der Waals surface area contributed by atoms with Crippen LogP contribution in [0.3, 0.4) is 0 Å². The summed E-state index contributed by atoms with van der Waals surface area (Å²) in [7, 11) is 0. The Hall–Kier alpha value is -3.46. The normalized spacial score (nSPS) is 11.3. The maximum atomic E-state index is 11.9. The van der Waals surface area contributed by atoms with Crippen LogP contribution < -0.4 is 5.56 Å². The van der Waals surface area contributed by atoms with Crippen LogP contribution in [-0.2, 0) is 6.54 Å². The molecule has 3 rings (SSSR count). The number of rotatable bonds is 4. The fourth-order valence-electron chi connectivity index (χ4n) is 2.53. The molecule has 6 heteroatoms. The second-order valence-electron chi connectivity index (χ2n) is 5.77. The van der Waals surface area contributed by atoms with Gasteiger partial charge < -0.3 is 4.98 Å². The lowest BCUT2D eigenvalue weighted by Gasteiger charge is -2.03. The van der Waals surface area contributed by atoms with E-state index in [4.69, 9.17) is 5.26 Å². The van der Waals surface area contributed by atoms with Crippen LogP contribution in [0.1, 0.15) is 35.1 Å². The zero-order valence-electron chi connectivity index (χ0n) is 14.0. The molecule has 2 aromatic heterocycles. The summed E-state index contributed by atoms with van der Waals surface area (Å²) in [5.74, 6) is 0.456. The molecule has 0 aliphatic carbocycles. The maximum absolute atomic E-state index is 11.9. The van der Waals surface area contributed by atoms with Crippen LogP contribution in [0.25, 0.3) is 11.6 Å². The largest absolute Gasteiger partial charge is 0.306 e. The fourth-order valence-corrected chi connectivity index (χ4v) is 2.53. The summed E-state index contributed by atoms with van der Waals surface area (Å²) < 4.78 is 1.86. The third-order valence-corrected chi connectivity index (χ3v) is 3.81. The van der Waals surface area contributed by atoms with Crippen molar-refractivity contribution in [3.8, 4) is 6.07 Å². The van der Waals surface area contributed by atoms with E-state index in [0.29, 0.717) is 18.1 Å². The molecular weight excluding hydrogens is 314 g/mol. The summed E-state index contributed by atoms with van der Waals surface area (Å²) >= 11 is 0. The zero-order valence-corrected chi connectivity index (χ0v) is 14.0. The van der Waals surface area contributed by atoms with E-state index in [9.17, 15) is 4.79 Å². The number of hydrogen-bond acceptors (Lipinski definition) is 4. The molecule has 25 heavy (non-hydrogen) atoms. The van der Waals surface area contributed by atoms with E-state index >= 15 is 0 Å². The number of aryl methyl sites for hydroxylation is 1. The molecule has 0 radical (unpaired) electrons. The Morgan fingerprint density at radius 3 is 2.80 bits per heavy atom. The Labute approximate surface area is 145 Å². The summed E-state index contributed by atoms with van der Waals surface area (Å²) in [6.07, 6.45) is 5.60. The van der Waals surface area contributed by atoms with Crippen LogP contribution in [0.5, 0.6) is 0 Å². The molecule has 0 saturated carbocycles. The van der Waals surface area contributed by atoms with Crippen LogP contribution in [0, 0.1) is 18.3 Å². The lowest BCUT2D eigenvalue weighted by Crippen LogP contribution is -2.16. The van der Waals surface area contributed by atoms with Gasteiger partial charge in [-0.25, -0.2) is 4.98 Å². The predicted octanol–water partition coefficient (Wildman–Crippen LogP) is 2.76. The highest BCUT2D eigenvalue weighted by Gasteiger charge is 2.08. The third kappa shape index (κ3) is 3.72. The van der Waals surface area contributed by atoms with E-state index in [0.717, 1.165) is 11.1 Å². The molecule has 1 N–H and O–H groups in total. The summed E-state index contributed by atoms with van der Waals surface area (Å²) in [6.45, 7) is 4.21. The predicted molar refractivity (Wildman–Crippen MR) is 95.6 cm³/mol. The van der Waals surface area contributed by atoms with Crippen molar-refractivity contribution in [2.24, 2.45) is 0 Å².